The van der Waals surface area contributed by atoms with Gasteiger partial charge in [0.2, 0.25) is 0 Å². The van der Waals surface area contributed by atoms with Crippen molar-refractivity contribution in [3.05, 3.63) is 47.9 Å². The van der Waals surface area contributed by atoms with Crippen LogP contribution >= 0.6 is 0 Å². The molecule has 1 amide bonds. The minimum absolute atomic E-state index is 0.0480. The summed E-state index contributed by atoms with van der Waals surface area (Å²) in [5.74, 6) is 0.492. The predicted molar refractivity (Wildman–Crippen MR) is 90.8 cm³/mol. The van der Waals surface area contributed by atoms with Crippen LogP contribution < -0.4 is 5.32 Å². The molecule has 0 saturated carbocycles. The molecule has 0 bridgehead atoms. The summed E-state index contributed by atoms with van der Waals surface area (Å²) in [7, 11) is 0. The SMILES string of the molecule is N#Cc1cccc(Nc2cc(C(=O)N3CCCCCC3)ncn2)c1. The Balaban J connectivity index is 1.76. The van der Waals surface area contributed by atoms with Crippen molar-refractivity contribution in [1.82, 2.24) is 14.9 Å². The van der Waals surface area contributed by atoms with E-state index in [1.165, 1.54) is 19.2 Å². The Morgan fingerprint density at radius 2 is 1.92 bits per heavy atom. The van der Waals surface area contributed by atoms with Gasteiger partial charge < -0.3 is 10.2 Å². The smallest absolute Gasteiger partial charge is 0.272 e. The van der Waals surface area contributed by atoms with Crippen LogP contribution in [0.3, 0.4) is 0 Å². The standard InChI is InChI=1S/C18H19N5O/c19-12-14-6-5-7-15(10-14)22-17-11-16(20-13-21-17)18(24)23-8-3-1-2-4-9-23/h5-7,10-11,13H,1-4,8-9H2,(H,20,21,22). The Kier molecular flexibility index (Phi) is 5.02. The third-order valence-corrected chi connectivity index (χ3v) is 4.04. The molecule has 6 nitrogen and oxygen atoms in total. The van der Waals surface area contributed by atoms with E-state index in [1.54, 1.807) is 24.3 Å². The van der Waals surface area contributed by atoms with Gasteiger partial charge in [-0.05, 0) is 31.0 Å². The lowest BCUT2D eigenvalue weighted by atomic mass is 10.2. The number of hydrogen-bond acceptors (Lipinski definition) is 5. The highest BCUT2D eigenvalue weighted by molar-refractivity contribution is 5.93. The number of hydrogen-bond donors (Lipinski definition) is 1. The number of carbonyl (C=O) groups excluding carboxylic acids is 1. The highest BCUT2D eigenvalue weighted by Gasteiger charge is 2.18. The third-order valence-electron chi connectivity index (χ3n) is 4.04. The molecule has 0 aliphatic carbocycles. The van der Waals surface area contributed by atoms with E-state index in [0.29, 0.717) is 17.1 Å². The molecule has 1 fully saturated rings. The number of nitrogens with one attached hydrogen (secondary N) is 1. The number of nitriles is 1. The average molecular weight is 321 g/mol. The highest BCUT2D eigenvalue weighted by Crippen LogP contribution is 2.17. The largest absolute Gasteiger partial charge is 0.340 e. The zero-order chi connectivity index (χ0) is 16.8. The maximum absolute atomic E-state index is 12.6. The van der Waals surface area contributed by atoms with Crippen LogP contribution in [0.15, 0.2) is 36.7 Å². The summed E-state index contributed by atoms with van der Waals surface area (Å²) in [6.07, 6.45) is 5.83. The number of amides is 1. The van der Waals surface area contributed by atoms with Crippen LogP contribution in [0.25, 0.3) is 0 Å². The average Bonchev–Trinajstić information content (AvgIpc) is 2.91. The molecular formula is C18H19N5O. The summed E-state index contributed by atoms with van der Waals surface area (Å²) in [4.78, 5) is 22.8. The molecule has 2 aromatic rings. The second-order valence-corrected chi connectivity index (χ2v) is 5.81. The number of rotatable bonds is 3. The summed E-state index contributed by atoms with van der Waals surface area (Å²) in [6.45, 7) is 1.58. The molecule has 0 atom stereocenters. The van der Waals surface area contributed by atoms with Crippen LogP contribution in [0.1, 0.15) is 41.7 Å². The van der Waals surface area contributed by atoms with Crippen LogP contribution in [-0.4, -0.2) is 33.9 Å². The van der Waals surface area contributed by atoms with Crippen LogP contribution in [0.2, 0.25) is 0 Å². The molecule has 0 spiro atoms. The van der Waals surface area contributed by atoms with E-state index in [1.807, 2.05) is 11.0 Å². The lowest BCUT2D eigenvalue weighted by Crippen LogP contribution is -2.32. The second kappa shape index (κ2) is 7.55. The quantitative estimate of drug-likeness (QED) is 0.939. The molecule has 122 valence electrons. The van der Waals surface area contributed by atoms with Gasteiger partial charge in [0.15, 0.2) is 0 Å². The molecule has 6 heteroatoms. The van der Waals surface area contributed by atoms with Gasteiger partial charge >= 0.3 is 0 Å². The number of anilines is 2. The molecule has 1 aliphatic heterocycles. The zero-order valence-corrected chi connectivity index (χ0v) is 13.4. The first kappa shape index (κ1) is 15.9. The van der Waals surface area contributed by atoms with Crippen LogP contribution in [0.5, 0.6) is 0 Å². The van der Waals surface area contributed by atoms with Gasteiger partial charge in [0.05, 0.1) is 11.6 Å². The van der Waals surface area contributed by atoms with E-state index in [-0.39, 0.29) is 5.91 Å². The Bertz CT molecular complexity index is 760. The molecule has 24 heavy (non-hydrogen) atoms. The van der Waals surface area contributed by atoms with Crippen molar-refractivity contribution in [2.45, 2.75) is 25.7 Å². The fourth-order valence-corrected chi connectivity index (χ4v) is 2.79. The first-order chi connectivity index (χ1) is 11.8. The Labute approximate surface area is 141 Å². The number of carbonyl (C=O) groups is 1. The van der Waals surface area contributed by atoms with Gasteiger partial charge in [0, 0.05) is 24.8 Å². The van der Waals surface area contributed by atoms with Crippen molar-refractivity contribution in [3.63, 3.8) is 0 Å². The van der Waals surface area contributed by atoms with Crippen LogP contribution in [-0.2, 0) is 0 Å². The van der Waals surface area contributed by atoms with Crippen LogP contribution in [0, 0.1) is 11.3 Å². The summed E-state index contributed by atoms with van der Waals surface area (Å²) in [6, 6.07) is 10.9. The van der Waals surface area contributed by atoms with E-state index >= 15 is 0 Å². The van der Waals surface area contributed by atoms with E-state index in [2.05, 4.69) is 21.4 Å². The van der Waals surface area contributed by atoms with Crippen LogP contribution in [0.4, 0.5) is 11.5 Å². The Morgan fingerprint density at radius 1 is 1.12 bits per heavy atom. The number of nitrogens with zero attached hydrogens (tertiary/aromatic N) is 4. The Hall–Kier alpha value is -2.94. The van der Waals surface area contributed by atoms with Crippen molar-refractivity contribution >= 4 is 17.4 Å². The fourth-order valence-electron chi connectivity index (χ4n) is 2.79. The van der Waals surface area contributed by atoms with Crippen molar-refractivity contribution in [2.75, 3.05) is 18.4 Å². The molecule has 1 saturated heterocycles. The topological polar surface area (TPSA) is 81.9 Å². The summed E-state index contributed by atoms with van der Waals surface area (Å²) >= 11 is 0. The van der Waals surface area contributed by atoms with Gasteiger partial charge in [0.1, 0.15) is 17.8 Å². The zero-order valence-electron chi connectivity index (χ0n) is 13.4. The molecule has 3 rings (SSSR count). The molecule has 0 unspecified atom stereocenters. The predicted octanol–water partition coefficient (Wildman–Crippen LogP) is 3.11. The van der Waals surface area contributed by atoms with Crippen molar-refractivity contribution in [2.24, 2.45) is 0 Å². The molecular weight excluding hydrogens is 302 g/mol. The fraction of sp³-hybridized carbons (Fsp3) is 0.333. The lowest BCUT2D eigenvalue weighted by molar-refractivity contribution is 0.0755. The molecule has 1 aromatic heterocycles. The number of likely N-dealkylation sites (tertiary alicyclic amines) is 1. The monoisotopic (exact) mass is 321 g/mol. The molecule has 0 radical (unpaired) electrons. The highest BCUT2D eigenvalue weighted by atomic mass is 16.2. The maximum Gasteiger partial charge on any atom is 0.272 e. The van der Waals surface area contributed by atoms with Crippen molar-refractivity contribution in [3.8, 4) is 6.07 Å². The normalized spacial score (nSPS) is 14.5. The van der Waals surface area contributed by atoms with E-state index < -0.39 is 0 Å². The lowest BCUT2D eigenvalue weighted by Gasteiger charge is -2.19. The maximum atomic E-state index is 12.6. The Morgan fingerprint density at radius 3 is 2.67 bits per heavy atom. The van der Waals surface area contributed by atoms with E-state index in [0.717, 1.165) is 31.6 Å². The van der Waals surface area contributed by atoms with Crippen molar-refractivity contribution in [1.29, 1.82) is 5.26 Å². The van der Waals surface area contributed by atoms with Gasteiger partial charge in [-0.2, -0.15) is 5.26 Å². The van der Waals surface area contributed by atoms with Gasteiger partial charge in [-0.3, -0.25) is 4.79 Å². The van der Waals surface area contributed by atoms with E-state index in [9.17, 15) is 4.79 Å². The molecule has 1 N–H and O–H groups in total. The minimum atomic E-state index is -0.0480. The first-order valence-corrected chi connectivity index (χ1v) is 8.15. The molecule has 1 aromatic carbocycles. The van der Waals surface area contributed by atoms with Gasteiger partial charge in [-0.25, -0.2) is 9.97 Å². The first-order valence-electron chi connectivity index (χ1n) is 8.15. The minimum Gasteiger partial charge on any atom is -0.340 e. The summed E-state index contributed by atoms with van der Waals surface area (Å²) in [5.41, 5.74) is 1.71. The number of benzene rings is 1. The van der Waals surface area contributed by atoms with Crippen molar-refractivity contribution < 1.29 is 4.79 Å². The molecule has 1 aliphatic rings. The van der Waals surface area contributed by atoms with Gasteiger partial charge in [0.25, 0.3) is 5.91 Å². The number of aromatic nitrogens is 2. The second-order valence-electron chi connectivity index (χ2n) is 5.81. The van der Waals surface area contributed by atoms with E-state index in [4.69, 9.17) is 5.26 Å². The van der Waals surface area contributed by atoms with Gasteiger partial charge in [-0.1, -0.05) is 18.9 Å². The molecule has 2 heterocycles. The summed E-state index contributed by atoms with van der Waals surface area (Å²) in [5, 5.41) is 12.1. The summed E-state index contributed by atoms with van der Waals surface area (Å²) < 4.78 is 0. The van der Waals surface area contributed by atoms with Gasteiger partial charge in [-0.15, -0.1) is 0 Å². The third kappa shape index (κ3) is 3.87.